The largest absolute Gasteiger partial charge is 0.322 e. The second-order valence-electron chi connectivity index (χ2n) is 3.43. The van der Waals surface area contributed by atoms with E-state index in [4.69, 9.17) is 4.52 Å². The monoisotopic (exact) mass is 253 g/mol. The Morgan fingerprint density at radius 2 is 2.00 bits per heavy atom. The Bertz CT molecular complexity index is 456. The summed E-state index contributed by atoms with van der Waals surface area (Å²) < 4.78 is 18.0. The van der Waals surface area contributed by atoms with Gasteiger partial charge < -0.3 is 9.84 Å². The topological polar surface area (TPSA) is 55.4 Å². The first-order valence-electron chi connectivity index (χ1n) is 5.28. The summed E-state index contributed by atoms with van der Waals surface area (Å²) in [7, 11) is -3.24. The van der Waals surface area contributed by atoms with Crippen LogP contribution < -0.4 is 10.6 Å². The number of nitrogens with one attached hydrogen (secondary N) is 1. The standard InChI is InChI=1S/C12H16NO3P/c1-4-16-17(15,11(3)13-10(2)14)12-8-6-5-7-9-12/h5-9H,3-4H2,1-2H3,(H,13,14)/t17-/m1/s1. The minimum Gasteiger partial charge on any atom is -0.322 e. The molecule has 0 aliphatic rings. The van der Waals surface area contributed by atoms with E-state index in [9.17, 15) is 9.36 Å². The van der Waals surface area contributed by atoms with Gasteiger partial charge in [-0.15, -0.1) is 0 Å². The highest BCUT2D eigenvalue weighted by molar-refractivity contribution is 7.71. The fourth-order valence-electron chi connectivity index (χ4n) is 1.39. The summed E-state index contributed by atoms with van der Waals surface area (Å²) >= 11 is 0. The maximum atomic E-state index is 12.7. The minimum absolute atomic E-state index is 0.109. The average molecular weight is 253 g/mol. The molecule has 1 aromatic rings. The molecule has 0 saturated heterocycles. The van der Waals surface area contributed by atoms with E-state index in [2.05, 4.69) is 11.9 Å². The van der Waals surface area contributed by atoms with E-state index in [-0.39, 0.29) is 18.0 Å². The molecule has 0 radical (unpaired) electrons. The van der Waals surface area contributed by atoms with Crippen molar-refractivity contribution in [3.05, 3.63) is 42.3 Å². The van der Waals surface area contributed by atoms with Crippen molar-refractivity contribution in [1.29, 1.82) is 0 Å². The third-order valence-electron chi connectivity index (χ3n) is 2.08. The van der Waals surface area contributed by atoms with Crippen LogP contribution >= 0.6 is 7.37 Å². The molecule has 0 spiro atoms. The van der Waals surface area contributed by atoms with E-state index in [1.54, 1.807) is 31.2 Å². The number of carbonyl (C=O) groups excluding carboxylic acids is 1. The molecule has 0 heterocycles. The highest BCUT2D eigenvalue weighted by Crippen LogP contribution is 2.51. The Hall–Kier alpha value is -1.38. The zero-order valence-electron chi connectivity index (χ0n) is 9.97. The Labute approximate surface area is 101 Å². The number of carbonyl (C=O) groups is 1. The third-order valence-corrected chi connectivity index (χ3v) is 4.50. The normalized spacial score (nSPS) is 13.8. The molecule has 4 nitrogen and oxygen atoms in total. The SMILES string of the molecule is C=C(NC(C)=O)[P@@](=O)(OCC)c1ccccc1. The lowest BCUT2D eigenvalue weighted by Crippen LogP contribution is -2.23. The van der Waals surface area contributed by atoms with Crippen molar-refractivity contribution in [2.75, 3.05) is 6.61 Å². The van der Waals surface area contributed by atoms with Gasteiger partial charge in [0, 0.05) is 12.2 Å². The Morgan fingerprint density at radius 3 is 2.47 bits per heavy atom. The quantitative estimate of drug-likeness (QED) is 0.819. The van der Waals surface area contributed by atoms with Crippen LogP contribution in [0.5, 0.6) is 0 Å². The maximum Gasteiger partial charge on any atom is 0.276 e. The van der Waals surface area contributed by atoms with Crippen LogP contribution in [0.4, 0.5) is 0 Å². The molecule has 0 fully saturated rings. The van der Waals surface area contributed by atoms with Crippen molar-refractivity contribution >= 4 is 18.6 Å². The second-order valence-corrected chi connectivity index (χ2v) is 5.85. The number of benzene rings is 1. The number of hydrogen-bond acceptors (Lipinski definition) is 3. The lowest BCUT2D eigenvalue weighted by atomic mass is 10.4. The molecular formula is C12H16NO3P. The van der Waals surface area contributed by atoms with Crippen molar-refractivity contribution in [2.45, 2.75) is 13.8 Å². The fourth-order valence-corrected chi connectivity index (χ4v) is 3.24. The molecule has 0 aliphatic carbocycles. The molecule has 0 bridgehead atoms. The van der Waals surface area contributed by atoms with Crippen molar-refractivity contribution in [3.8, 4) is 0 Å². The Kier molecular flexibility index (Phi) is 4.67. The number of hydrogen-bond donors (Lipinski definition) is 1. The predicted octanol–water partition coefficient (Wildman–Crippen LogP) is 2.23. The zero-order valence-corrected chi connectivity index (χ0v) is 10.9. The molecular weight excluding hydrogens is 237 g/mol. The van der Waals surface area contributed by atoms with E-state index < -0.39 is 7.37 Å². The molecule has 5 heteroatoms. The number of amides is 1. The molecule has 0 unspecified atom stereocenters. The molecule has 1 amide bonds. The summed E-state index contributed by atoms with van der Waals surface area (Å²) in [6.45, 7) is 7.01. The van der Waals surface area contributed by atoms with Crippen molar-refractivity contribution in [3.63, 3.8) is 0 Å². The van der Waals surface area contributed by atoms with E-state index in [0.29, 0.717) is 5.30 Å². The van der Waals surface area contributed by atoms with Gasteiger partial charge in [-0.2, -0.15) is 0 Å². The van der Waals surface area contributed by atoms with Crippen molar-refractivity contribution in [2.24, 2.45) is 0 Å². The molecule has 1 aromatic carbocycles. The van der Waals surface area contributed by atoms with Gasteiger partial charge in [0.25, 0.3) is 7.37 Å². The summed E-state index contributed by atoms with van der Waals surface area (Å²) in [4.78, 5) is 11.0. The minimum atomic E-state index is -3.24. The van der Waals surface area contributed by atoms with Crippen LogP contribution in [0, 0.1) is 0 Å². The zero-order chi connectivity index (χ0) is 12.9. The molecule has 0 saturated carbocycles. The molecule has 0 aromatic heterocycles. The first-order chi connectivity index (χ1) is 8.00. The summed E-state index contributed by atoms with van der Waals surface area (Å²) in [6.07, 6.45) is 0. The van der Waals surface area contributed by atoms with Crippen LogP contribution in [-0.2, 0) is 13.9 Å². The van der Waals surface area contributed by atoms with Crippen molar-refractivity contribution < 1.29 is 13.9 Å². The van der Waals surface area contributed by atoms with Gasteiger partial charge in [0.15, 0.2) is 0 Å². The van der Waals surface area contributed by atoms with Gasteiger partial charge in [0.05, 0.1) is 6.61 Å². The van der Waals surface area contributed by atoms with E-state index in [1.807, 2.05) is 6.07 Å². The Balaban J connectivity index is 3.10. The lowest BCUT2D eigenvalue weighted by Gasteiger charge is -2.20. The second kappa shape index (κ2) is 5.80. The first kappa shape index (κ1) is 13.7. The van der Waals surface area contributed by atoms with Crippen LogP contribution in [0.1, 0.15) is 13.8 Å². The number of rotatable bonds is 5. The van der Waals surface area contributed by atoms with Gasteiger partial charge in [-0.3, -0.25) is 9.36 Å². The highest BCUT2D eigenvalue weighted by Gasteiger charge is 2.29. The van der Waals surface area contributed by atoms with Crippen LogP contribution in [0.25, 0.3) is 0 Å². The van der Waals surface area contributed by atoms with Crippen LogP contribution in [0.15, 0.2) is 42.3 Å². The smallest absolute Gasteiger partial charge is 0.276 e. The van der Waals surface area contributed by atoms with Crippen LogP contribution in [0.2, 0.25) is 0 Å². The van der Waals surface area contributed by atoms with Crippen molar-refractivity contribution in [1.82, 2.24) is 5.32 Å². The van der Waals surface area contributed by atoms with Gasteiger partial charge in [-0.05, 0) is 19.1 Å². The summed E-state index contributed by atoms with van der Waals surface area (Å²) in [5, 5.41) is 2.97. The van der Waals surface area contributed by atoms with Gasteiger partial charge >= 0.3 is 0 Å². The van der Waals surface area contributed by atoms with Crippen LogP contribution in [0.3, 0.4) is 0 Å². The predicted molar refractivity (Wildman–Crippen MR) is 68.3 cm³/mol. The van der Waals surface area contributed by atoms with E-state index >= 15 is 0 Å². The third kappa shape index (κ3) is 3.29. The van der Waals surface area contributed by atoms with Gasteiger partial charge in [0.1, 0.15) is 5.44 Å². The lowest BCUT2D eigenvalue weighted by molar-refractivity contribution is -0.118. The molecule has 17 heavy (non-hydrogen) atoms. The van der Waals surface area contributed by atoms with Gasteiger partial charge in [0.2, 0.25) is 5.91 Å². The Morgan fingerprint density at radius 1 is 1.41 bits per heavy atom. The average Bonchev–Trinajstić information content (AvgIpc) is 2.29. The molecule has 1 atom stereocenters. The molecule has 1 rings (SSSR count). The molecule has 0 aliphatic heterocycles. The first-order valence-corrected chi connectivity index (χ1v) is 6.90. The summed E-state index contributed by atoms with van der Waals surface area (Å²) in [5.74, 6) is -0.314. The highest BCUT2D eigenvalue weighted by atomic mass is 31.2. The van der Waals surface area contributed by atoms with Gasteiger partial charge in [-0.25, -0.2) is 0 Å². The summed E-state index contributed by atoms with van der Waals surface area (Å²) in [5.41, 5.74) is 0.109. The molecule has 92 valence electrons. The fraction of sp³-hybridized carbons (Fsp3) is 0.250. The maximum absolute atomic E-state index is 12.7. The summed E-state index contributed by atoms with van der Waals surface area (Å²) in [6, 6.07) is 8.75. The molecule has 1 N–H and O–H groups in total. The van der Waals surface area contributed by atoms with E-state index in [1.165, 1.54) is 6.92 Å². The van der Waals surface area contributed by atoms with Gasteiger partial charge in [-0.1, -0.05) is 24.8 Å². The van der Waals surface area contributed by atoms with Crippen LogP contribution in [-0.4, -0.2) is 12.5 Å². The van der Waals surface area contributed by atoms with E-state index in [0.717, 1.165) is 0 Å².